The van der Waals surface area contributed by atoms with E-state index < -0.39 is 0 Å². The molecule has 0 amide bonds. The van der Waals surface area contributed by atoms with E-state index in [0.29, 0.717) is 0 Å². The van der Waals surface area contributed by atoms with E-state index in [2.05, 4.69) is 158 Å². The zero-order valence-corrected chi connectivity index (χ0v) is 23.4. The van der Waals surface area contributed by atoms with Crippen LogP contribution in [-0.2, 0) is 0 Å². The third-order valence-electron chi connectivity index (χ3n) is 8.87. The van der Waals surface area contributed by atoms with E-state index >= 15 is 0 Å². The third-order valence-corrected chi connectivity index (χ3v) is 8.87. The van der Waals surface area contributed by atoms with Gasteiger partial charge in [0.15, 0.2) is 0 Å². The van der Waals surface area contributed by atoms with Crippen molar-refractivity contribution in [1.29, 1.82) is 0 Å². The summed E-state index contributed by atoms with van der Waals surface area (Å²) in [4.78, 5) is 0. The molecule has 0 aliphatic carbocycles. The van der Waals surface area contributed by atoms with Crippen molar-refractivity contribution in [2.24, 2.45) is 0 Å². The zero-order chi connectivity index (χ0) is 28.3. The van der Waals surface area contributed by atoms with Gasteiger partial charge < -0.3 is 4.74 Å². The minimum Gasteiger partial charge on any atom is -0.456 e. The summed E-state index contributed by atoms with van der Waals surface area (Å²) in [6, 6.07) is 56.6. The van der Waals surface area contributed by atoms with Crippen LogP contribution in [0.2, 0.25) is 0 Å². The van der Waals surface area contributed by atoms with Gasteiger partial charge in [0.25, 0.3) is 0 Å². The van der Waals surface area contributed by atoms with Crippen LogP contribution in [0.25, 0.3) is 76.8 Å². The van der Waals surface area contributed by atoms with Crippen LogP contribution < -0.4 is 4.74 Å². The number of rotatable bonds is 3. The molecule has 1 nitrogen and oxygen atoms in total. The van der Waals surface area contributed by atoms with Crippen LogP contribution in [-0.4, -0.2) is 0 Å². The molecule has 8 aromatic rings. The highest BCUT2D eigenvalue weighted by Gasteiger charge is 2.25. The summed E-state index contributed by atoms with van der Waals surface area (Å²) >= 11 is 0. The van der Waals surface area contributed by atoms with Gasteiger partial charge in [0, 0.05) is 10.9 Å². The Kier molecular flexibility index (Phi) is 5.27. The van der Waals surface area contributed by atoms with Crippen LogP contribution in [0, 0.1) is 0 Å². The van der Waals surface area contributed by atoms with E-state index in [1.54, 1.807) is 0 Å². The highest BCUT2D eigenvalue weighted by molar-refractivity contribution is 6.24. The van der Waals surface area contributed by atoms with Gasteiger partial charge in [-0.2, -0.15) is 0 Å². The maximum absolute atomic E-state index is 6.65. The molecule has 1 heteroatoms. The molecule has 1 aliphatic heterocycles. The molecule has 1 heterocycles. The first-order chi connectivity index (χ1) is 21.4. The molecule has 43 heavy (non-hydrogen) atoms. The van der Waals surface area contributed by atoms with Gasteiger partial charge in [-0.15, -0.1) is 0 Å². The van der Waals surface area contributed by atoms with E-state index in [9.17, 15) is 0 Å². The summed E-state index contributed by atoms with van der Waals surface area (Å²) in [5.41, 5.74) is 9.73. The Balaban J connectivity index is 1.38. The Morgan fingerprint density at radius 2 is 0.814 bits per heavy atom. The highest BCUT2D eigenvalue weighted by atomic mass is 16.5. The summed E-state index contributed by atoms with van der Waals surface area (Å²) in [5, 5.41) is 7.39. The Morgan fingerprint density at radius 1 is 0.279 bits per heavy atom. The van der Waals surface area contributed by atoms with Gasteiger partial charge >= 0.3 is 0 Å². The van der Waals surface area contributed by atoms with Crippen molar-refractivity contribution < 1.29 is 4.74 Å². The molecule has 200 valence electrons. The Hall–Kier alpha value is -5.66. The summed E-state index contributed by atoms with van der Waals surface area (Å²) in [7, 11) is 0. The first-order valence-corrected chi connectivity index (χ1v) is 14.8. The normalized spacial score (nSPS) is 11.9. The smallest absolute Gasteiger partial charge is 0.135 e. The van der Waals surface area contributed by atoms with Crippen LogP contribution in [0.1, 0.15) is 0 Å². The number of hydrogen-bond acceptors (Lipinski definition) is 1. The number of ether oxygens (including phenoxy) is 1. The van der Waals surface area contributed by atoms with Gasteiger partial charge in [-0.1, -0.05) is 140 Å². The van der Waals surface area contributed by atoms with Crippen molar-refractivity contribution in [2.45, 2.75) is 0 Å². The molecular weight excluding hydrogens is 520 g/mol. The van der Waals surface area contributed by atoms with Gasteiger partial charge in [-0.3, -0.25) is 0 Å². The van der Waals surface area contributed by atoms with Crippen LogP contribution in [0.3, 0.4) is 0 Å². The summed E-state index contributed by atoms with van der Waals surface area (Å²) in [6.45, 7) is 0. The first kappa shape index (κ1) is 24.0. The van der Waals surface area contributed by atoms with Gasteiger partial charge in [0.1, 0.15) is 11.5 Å². The average Bonchev–Trinajstić information content (AvgIpc) is 3.08. The molecule has 0 saturated heterocycles. The summed E-state index contributed by atoms with van der Waals surface area (Å²) in [5.74, 6) is 1.80. The lowest BCUT2D eigenvalue weighted by molar-refractivity contribution is 0.487. The summed E-state index contributed by atoms with van der Waals surface area (Å²) < 4.78 is 6.65. The molecule has 8 aromatic carbocycles. The van der Waals surface area contributed by atoms with Crippen molar-refractivity contribution in [3.8, 4) is 56.0 Å². The minimum atomic E-state index is 0.900. The average molecular weight is 547 g/mol. The predicted octanol–water partition coefficient (Wildman–Crippen LogP) is 11.9. The topological polar surface area (TPSA) is 9.23 Å². The van der Waals surface area contributed by atoms with E-state index in [4.69, 9.17) is 4.74 Å². The zero-order valence-electron chi connectivity index (χ0n) is 23.4. The van der Waals surface area contributed by atoms with E-state index in [-0.39, 0.29) is 0 Å². The molecular formula is C42H26O. The molecule has 9 rings (SSSR count). The maximum Gasteiger partial charge on any atom is 0.135 e. The molecule has 1 aliphatic rings. The Labute approximate surface area is 250 Å². The van der Waals surface area contributed by atoms with Crippen LogP contribution in [0.15, 0.2) is 158 Å². The third kappa shape index (κ3) is 3.58. The fraction of sp³-hybridized carbons (Fsp3) is 0. The molecule has 0 spiro atoms. The van der Waals surface area contributed by atoms with Crippen molar-refractivity contribution in [3.63, 3.8) is 0 Å². The minimum absolute atomic E-state index is 0.900. The molecule has 0 bridgehead atoms. The monoisotopic (exact) mass is 546 g/mol. The van der Waals surface area contributed by atoms with E-state index in [0.717, 1.165) is 22.4 Å². The molecule has 0 atom stereocenters. The lowest BCUT2D eigenvalue weighted by Gasteiger charge is -2.25. The number of benzene rings is 8. The Bertz CT molecular complexity index is 2290. The molecule has 0 unspecified atom stereocenters. The molecule has 0 N–H and O–H groups in total. The van der Waals surface area contributed by atoms with Crippen LogP contribution in [0.5, 0.6) is 11.5 Å². The molecule has 0 radical (unpaired) electrons. The molecule has 0 saturated carbocycles. The number of fused-ring (bicyclic) bond motifs is 4. The second-order valence-electron chi connectivity index (χ2n) is 11.2. The van der Waals surface area contributed by atoms with Crippen molar-refractivity contribution in [3.05, 3.63) is 158 Å². The molecule has 0 fully saturated rings. The standard InChI is InChI=1S/C42H26O/c1-3-13-27(14-4-1)29-21-12-24-37-41(29)36-23-11-22-34-35(25-26-38(43-37)42(34)36)40-32-19-9-7-17-30(32)39(28-15-5-2-6-16-28)31-18-8-10-20-33(31)40/h1-26H. The SMILES string of the molecule is c1ccc(-c2cccc3c2-c2cccc4c(-c5c6ccccc6c(-c6ccccc6)c6ccccc56)ccc(c24)O3)cc1. The van der Waals surface area contributed by atoms with Gasteiger partial charge in [-0.05, 0) is 84.1 Å². The van der Waals surface area contributed by atoms with Crippen LogP contribution >= 0.6 is 0 Å². The van der Waals surface area contributed by atoms with Crippen molar-refractivity contribution >= 4 is 32.3 Å². The predicted molar refractivity (Wildman–Crippen MR) is 181 cm³/mol. The van der Waals surface area contributed by atoms with Gasteiger partial charge in [0.05, 0.1) is 0 Å². The highest BCUT2D eigenvalue weighted by Crippen LogP contribution is 2.53. The fourth-order valence-corrected chi connectivity index (χ4v) is 7.09. The van der Waals surface area contributed by atoms with Crippen LogP contribution in [0.4, 0.5) is 0 Å². The Morgan fingerprint density at radius 3 is 1.49 bits per heavy atom. The lowest BCUT2D eigenvalue weighted by atomic mass is 9.83. The largest absolute Gasteiger partial charge is 0.456 e. The second kappa shape index (κ2) is 9.44. The quantitative estimate of drug-likeness (QED) is 0.200. The fourth-order valence-electron chi connectivity index (χ4n) is 7.09. The number of hydrogen-bond donors (Lipinski definition) is 0. The van der Waals surface area contributed by atoms with Gasteiger partial charge in [0.2, 0.25) is 0 Å². The molecule has 0 aromatic heterocycles. The van der Waals surface area contributed by atoms with E-state index in [1.807, 2.05) is 0 Å². The van der Waals surface area contributed by atoms with Crippen molar-refractivity contribution in [1.82, 2.24) is 0 Å². The lowest BCUT2D eigenvalue weighted by Crippen LogP contribution is -2.00. The van der Waals surface area contributed by atoms with Crippen molar-refractivity contribution in [2.75, 3.05) is 0 Å². The maximum atomic E-state index is 6.65. The summed E-state index contributed by atoms with van der Waals surface area (Å²) in [6.07, 6.45) is 0. The first-order valence-electron chi connectivity index (χ1n) is 14.8. The van der Waals surface area contributed by atoms with E-state index in [1.165, 1.54) is 65.9 Å². The second-order valence-corrected chi connectivity index (χ2v) is 11.2. The van der Waals surface area contributed by atoms with Gasteiger partial charge in [-0.25, -0.2) is 0 Å².